The summed E-state index contributed by atoms with van der Waals surface area (Å²) >= 11 is 0. The van der Waals surface area contributed by atoms with E-state index in [4.69, 9.17) is 19.8 Å². The van der Waals surface area contributed by atoms with Gasteiger partial charge in [0.15, 0.2) is 17.0 Å². The molecule has 0 N–H and O–H groups in total. The molecule has 5 heteroatoms. The Kier molecular flexibility index (Phi) is 2.61. The molecule has 0 saturated heterocycles. The van der Waals surface area contributed by atoms with Gasteiger partial charge in [0.1, 0.15) is 17.9 Å². The van der Waals surface area contributed by atoms with Crippen molar-refractivity contribution in [2.45, 2.75) is 18.8 Å². The van der Waals surface area contributed by atoms with Gasteiger partial charge in [0.25, 0.3) is 0 Å². The van der Waals surface area contributed by atoms with E-state index >= 15 is 0 Å². The average molecular weight is 215 g/mol. The van der Waals surface area contributed by atoms with Gasteiger partial charge in [-0.2, -0.15) is 10.5 Å². The van der Waals surface area contributed by atoms with Crippen molar-refractivity contribution in [2.75, 3.05) is 7.11 Å². The molecule has 1 aromatic heterocycles. The SMILES string of the molecule is COC(=C(C#N)C#N)c1cc(C2CC2)on1. The van der Waals surface area contributed by atoms with Crippen LogP contribution in [0.5, 0.6) is 0 Å². The Morgan fingerprint density at radius 3 is 2.69 bits per heavy atom. The molecule has 5 nitrogen and oxygen atoms in total. The number of ether oxygens (including phenoxy) is 1. The summed E-state index contributed by atoms with van der Waals surface area (Å²) in [5.74, 6) is 1.40. The first-order chi connectivity index (χ1) is 7.80. The zero-order valence-electron chi connectivity index (χ0n) is 8.73. The zero-order valence-corrected chi connectivity index (χ0v) is 8.73. The van der Waals surface area contributed by atoms with E-state index in [0.717, 1.165) is 18.6 Å². The molecule has 1 fully saturated rings. The minimum atomic E-state index is -0.0989. The van der Waals surface area contributed by atoms with Crippen molar-refractivity contribution in [3.63, 3.8) is 0 Å². The summed E-state index contributed by atoms with van der Waals surface area (Å²) in [6.07, 6.45) is 2.20. The highest BCUT2D eigenvalue weighted by Crippen LogP contribution is 2.40. The number of nitrogens with zero attached hydrogens (tertiary/aromatic N) is 3. The molecule has 1 heterocycles. The van der Waals surface area contributed by atoms with Crippen molar-refractivity contribution in [3.8, 4) is 12.1 Å². The summed E-state index contributed by atoms with van der Waals surface area (Å²) < 4.78 is 10.1. The molecule has 1 aliphatic rings. The van der Waals surface area contributed by atoms with Gasteiger partial charge in [-0.15, -0.1) is 0 Å². The molecule has 0 aromatic carbocycles. The van der Waals surface area contributed by atoms with Crippen molar-refractivity contribution >= 4 is 5.76 Å². The molecule has 80 valence electrons. The molecular formula is C11H9N3O2. The fourth-order valence-corrected chi connectivity index (χ4v) is 1.42. The van der Waals surface area contributed by atoms with Gasteiger partial charge in [-0.05, 0) is 12.8 Å². The molecular weight excluding hydrogens is 206 g/mol. The van der Waals surface area contributed by atoms with Gasteiger partial charge >= 0.3 is 0 Å². The topological polar surface area (TPSA) is 82.8 Å². The van der Waals surface area contributed by atoms with Crippen molar-refractivity contribution in [1.29, 1.82) is 10.5 Å². The van der Waals surface area contributed by atoms with Crippen molar-refractivity contribution in [3.05, 3.63) is 23.1 Å². The first kappa shape index (κ1) is 10.3. The lowest BCUT2D eigenvalue weighted by atomic mass is 10.2. The fourth-order valence-electron chi connectivity index (χ4n) is 1.42. The standard InChI is InChI=1S/C11H9N3O2/c1-15-11(8(5-12)6-13)9-4-10(16-14-9)7-2-3-7/h4,7H,2-3H2,1H3. The predicted octanol–water partition coefficient (Wildman–Crippen LogP) is 1.96. The number of nitriles is 2. The van der Waals surface area contributed by atoms with Gasteiger partial charge in [-0.1, -0.05) is 5.16 Å². The molecule has 1 aromatic rings. The number of allylic oxidation sites excluding steroid dienone is 1. The highest BCUT2D eigenvalue weighted by molar-refractivity contribution is 5.68. The highest BCUT2D eigenvalue weighted by Gasteiger charge is 2.29. The molecule has 2 rings (SSSR count). The number of aromatic nitrogens is 1. The highest BCUT2D eigenvalue weighted by atomic mass is 16.5. The normalized spacial score (nSPS) is 13.7. The quantitative estimate of drug-likeness (QED) is 0.568. The van der Waals surface area contributed by atoms with E-state index in [1.54, 1.807) is 18.2 Å². The summed E-state index contributed by atoms with van der Waals surface area (Å²) in [5.41, 5.74) is 0.306. The van der Waals surface area contributed by atoms with E-state index < -0.39 is 0 Å². The lowest BCUT2D eigenvalue weighted by Gasteiger charge is -1.99. The molecule has 0 radical (unpaired) electrons. The van der Waals surface area contributed by atoms with Crippen LogP contribution in [0.15, 0.2) is 16.2 Å². The summed E-state index contributed by atoms with van der Waals surface area (Å²) in [4.78, 5) is 0. The van der Waals surface area contributed by atoms with Crippen molar-refractivity contribution in [2.24, 2.45) is 0 Å². The summed E-state index contributed by atoms with van der Waals surface area (Å²) in [5, 5.41) is 21.3. The second kappa shape index (κ2) is 4.08. The molecule has 0 spiro atoms. The van der Waals surface area contributed by atoms with Gasteiger partial charge in [0.05, 0.1) is 7.11 Å². The van der Waals surface area contributed by atoms with Gasteiger partial charge in [-0.25, -0.2) is 0 Å². The lowest BCUT2D eigenvalue weighted by molar-refractivity contribution is 0.350. The summed E-state index contributed by atoms with van der Waals surface area (Å²) in [6.45, 7) is 0. The molecule has 1 aliphatic carbocycles. The maximum atomic E-state index is 8.75. The maximum absolute atomic E-state index is 8.75. The van der Waals surface area contributed by atoms with Gasteiger partial charge < -0.3 is 9.26 Å². The maximum Gasteiger partial charge on any atom is 0.176 e. The Bertz CT molecular complexity index is 496. The van der Waals surface area contributed by atoms with Crippen LogP contribution in [0.25, 0.3) is 5.76 Å². The van der Waals surface area contributed by atoms with Crippen LogP contribution in [0, 0.1) is 22.7 Å². The van der Waals surface area contributed by atoms with E-state index in [2.05, 4.69) is 5.16 Å². The number of rotatable bonds is 3. The smallest absolute Gasteiger partial charge is 0.176 e. The minimum absolute atomic E-state index is 0.0989. The van der Waals surface area contributed by atoms with Crippen LogP contribution in [-0.2, 0) is 4.74 Å². The van der Waals surface area contributed by atoms with Gasteiger partial charge in [0.2, 0.25) is 0 Å². The summed E-state index contributed by atoms with van der Waals surface area (Å²) in [7, 11) is 1.40. The van der Waals surface area contributed by atoms with Crippen LogP contribution in [0.3, 0.4) is 0 Å². The third-order valence-electron chi connectivity index (χ3n) is 2.40. The van der Waals surface area contributed by atoms with Crippen LogP contribution in [0.4, 0.5) is 0 Å². The second-order valence-electron chi connectivity index (χ2n) is 3.52. The third-order valence-corrected chi connectivity index (χ3v) is 2.40. The van der Waals surface area contributed by atoms with E-state index in [9.17, 15) is 0 Å². The van der Waals surface area contributed by atoms with E-state index in [-0.39, 0.29) is 11.3 Å². The number of hydrogen-bond donors (Lipinski definition) is 0. The first-order valence-electron chi connectivity index (χ1n) is 4.85. The van der Waals surface area contributed by atoms with Gasteiger partial charge in [0, 0.05) is 12.0 Å². The molecule has 0 atom stereocenters. The van der Waals surface area contributed by atoms with Crippen LogP contribution in [0.2, 0.25) is 0 Å². The monoisotopic (exact) mass is 215 g/mol. The van der Waals surface area contributed by atoms with Gasteiger partial charge in [-0.3, -0.25) is 0 Å². The predicted molar refractivity (Wildman–Crippen MR) is 53.6 cm³/mol. The van der Waals surface area contributed by atoms with E-state index in [0.29, 0.717) is 11.6 Å². The largest absolute Gasteiger partial charge is 0.492 e. The Morgan fingerprint density at radius 1 is 1.50 bits per heavy atom. The minimum Gasteiger partial charge on any atom is -0.492 e. The lowest BCUT2D eigenvalue weighted by Crippen LogP contribution is -1.91. The molecule has 0 aliphatic heterocycles. The second-order valence-corrected chi connectivity index (χ2v) is 3.52. The Hall–Kier alpha value is -2.27. The van der Waals surface area contributed by atoms with E-state index in [1.165, 1.54) is 7.11 Å². The average Bonchev–Trinajstić information content (AvgIpc) is 3.05. The van der Waals surface area contributed by atoms with Crippen molar-refractivity contribution < 1.29 is 9.26 Å². The Balaban J connectivity index is 2.37. The van der Waals surface area contributed by atoms with Crippen molar-refractivity contribution in [1.82, 2.24) is 5.16 Å². The summed E-state index contributed by atoms with van der Waals surface area (Å²) in [6, 6.07) is 5.26. The molecule has 0 unspecified atom stereocenters. The van der Waals surface area contributed by atoms with Crippen LogP contribution in [0.1, 0.15) is 30.2 Å². The molecule has 0 bridgehead atoms. The van der Waals surface area contributed by atoms with Crippen LogP contribution < -0.4 is 0 Å². The van der Waals surface area contributed by atoms with Crippen LogP contribution in [-0.4, -0.2) is 12.3 Å². The fraction of sp³-hybridized carbons (Fsp3) is 0.364. The molecule has 16 heavy (non-hydrogen) atoms. The number of methoxy groups -OCH3 is 1. The zero-order chi connectivity index (χ0) is 11.5. The number of hydrogen-bond acceptors (Lipinski definition) is 5. The molecule has 0 amide bonds. The third kappa shape index (κ3) is 1.76. The molecule has 1 saturated carbocycles. The Morgan fingerprint density at radius 2 is 2.19 bits per heavy atom. The Labute approximate surface area is 92.5 Å². The van der Waals surface area contributed by atoms with E-state index in [1.807, 2.05) is 0 Å². The first-order valence-corrected chi connectivity index (χ1v) is 4.85. The van der Waals surface area contributed by atoms with Crippen LogP contribution >= 0.6 is 0 Å².